The van der Waals surface area contributed by atoms with E-state index in [1.165, 1.54) is 22.3 Å². The van der Waals surface area contributed by atoms with Crippen LogP contribution in [0.2, 0.25) is 0 Å². The predicted octanol–water partition coefficient (Wildman–Crippen LogP) is 9.51. The smallest absolute Gasteiger partial charge is 0.0931 e. The summed E-state index contributed by atoms with van der Waals surface area (Å²) < 4.78 is 0. The summed E-state index contributed by atoms with van der Waals surface area (Å²) >= 11 is 0. The highest BCUT2D eigenvalue weighted by Gasteiger charge is 2.44. The van der Waals surface area contributed by atoms with Crippen LogP contribution in [0, 0.1) is 10.8 Å². The van der Waals surface area contributed by atoms with Gasteiger partial charge in [-0.2, -0.15) is 0 Å². The third-order valence-electron chi connectivity index (χ3n) is 8.29. The van der Waals surface area contributed by atoms with E-state index < -0.39 is 11.7 Å². The molecule has 0 aliphatic heterocycles. The Bertz CT molecular complexity index is 1320. The standard InChI is InChI=1S/C40H56O3/c1-29(17-13-19-31(3)21-23-36-33(5)25-34(41)26-38(36,6)7)15-11-12-16-30(2)18-14-20-32(4)22-24-37-39(8,9)27-35(42)28-40(37,10)43/h11-23,34-35,41-43H,25-28H2,1-10H3/b12-11+,17-13+,18-14+,23-21+,29-15+,30-16+,31-19+,32-20+/t24?,34-,35+,40-/m0/s1. The Morgan fingerprint density at radius 3 is 1.70 bits per heavy atom. The van der Waals surface area contributed by atoms with Crippen molar-refractivity contribution in [2.24, 2.45) is 10.8 Å². The van der Waals surface area contributed by atoms with Crippen molar-refractivity contribution in [1.29, 1.82) is 0 Å². The first-order chi connectivity index (χ1) is 19.9. The molecule has 1 saturated carbocycles. The Labute approximate surface area is 262 Å². The van der Waals surface area contributed by atoms with Crippen LogP contribution in [-0.2, 0) is 0 Å². The zero-order valence-electron chi connectivity index (χ0n) is 28.3. The molecule has 0 aromatic carbocycles. The van der Waals surface area contributed by atoms with E-state index in [2.05, 4.69) is 110 Å². The Hall–Kier alpha value is -2.94. The molecule has 0 spiro atoms. The molecule has 0 heterocycles. The predicted molar refractivity (Wildman–Crippen MR) is 185 cm³/mol. The van der Waals surface area contributed by atoms with E-state index >= 15 is 0 Å². The van der Waals surface area contributed by atoms with Gasteiger partial charge >= 0.3 is 0 Å². The molecule has 3 heteroatoms. The first-order valence-electron chi connectivity index (χ1n) is 15.6. The van der Waals surface area contributed by atoms with Crippen molar-refractivity contribution in [1.82, 2.24) is 0 Å². The Kier molecular flexibility index (Phi) is 13.2. The summed E-state index contributed by atoms with van der Waals surface area (Å²) in [5.74, 6) is 0. The Morgan fingerprint density at radius 1 is 0.674 bits per heavy atom. The maximum atomic E-state index is 10.8. The van der Waals surface area contributed by atoms with Crippen molar-refractivity contribution in [3.63, 3.8) is 0 Å². The number of aliphatic hydroxyl groups excluding tert-OH is 2. The second-order valence-electron chi connectivity index (χ2n) is 14.1. The van der Waals surface area contributed by atoms with Gasteiger partial charge < -0.3 is 15.3 Å². The minimum atomic E-state index is -1.05. The summed E-state index contributed by atoms with van der Waals surface area (Å²) in [5.41, 5.74) is 9.98. The molecule has 3 nitrogen and oxygen atoms in total. The highest BCUT2D eigenvalue weighted by Crippen LogP contribution is 2.45. The second kappa shape index (κ2) is 15.7. The molecule has 0 radical (unpaired) electrons. The molecule has 234 valence electrons. The molecule has 2 aliphatic carbocycles. The highest BCUT2D eigenvalue weighted by molar-refractivity contribution is 5.38. The van der Waals surface area contributed by atoms with Crippen molar-refractivity contribution in [2.45, 2.75) is 113 Å². The molecule has 0 aromatic heterocycles. The molecule has 0 saturated heterocycles. The van der Waals surface area contributed by atoms with Crippen LogP contribution >= 0.6 is 0 Å². The molecule has 0 aromatic rings. The van der Waals surface area contributed by atoms with Crippen LogP contribution in [0.4, 0.5) is 0 Å². The fourth-order valence-corrected chi connectivity index (χ4v) is 6.32. The van der Waals surface area contributed by atoms with Crippen molar-refractivity contribution in [3.05, 3.63) is 124 Å². The molecule has 1 fully saturated rings. The summed E-state index contributed by atoms with van der Waals surface area (Å²) in [5, 5.41) is 31.1. The van der Waals surface area contributed by atoms with E-state index in [1.807, 2.05) is 37.3 Å². The number of allylic oxidation sites excluding steroid dienone is 17. The monoisotopic (exact) mass is 584 g/mol. The lowest BCUT2D eigenvalue weighted by Crippen LogP contribution is -2.45. The van der Waals surface area contributed by atoms with Gasteiger partial charge in [0.05, 0.1) is 17.8 Å². The lowest BCUT2D eigenvalue weighted by molar-refractivity contribution is -0.0268. The zero-order chi connectivity index (χ0) is 32.4. The first kappa shape index (κ1) is 36.3. The van der Waals surface area contributed by atoms with Gasteiger partial charge in [-0.25, -0.2) is 0 Å². The quantitative estimate of drug-likeness (QED) is 0.187. The molecule has 0 bridgehead atoms. The second-order valence-corrected chi connectivity index (χ2v) is 14.1. The van der Waals surface area contributed by atoms with Gasteiger partial charge in [0.2, 0.25) is 0 Å². The van der Waals surface area contributed by atoms with E-state index in [4.69, 9.17) is 0 Å². The Morgan fingerprint density at radius 2 is 1.16 bits per heavy atom. The lowest BCUT2D eigenvalue weighted by atomic mass is 9.65. The Balaban J connectivity index is 1.95. The normalized spacial score (nSPS) is 27.7. The lowest BCUT2D eigenvalue weighted by Gasteiger charge is -2.43. The third kappa shape index (κ3) is 11.9. The van der Waals surface area contributed by atoms with E-state index in [0.29, 0.717) is 12.8 Å². The molecule has 3 atom stereocenters. The molecular weight excluding hydrogens is 528 g/mol. The van der Waals surface area contributed by atoms with Gasteiger partial charge in [-0.1, -0.05) is 123 Å². The number of rotatable bonds is 9. The fourth-order valence-electron chi connectivity index (χ4n) is 6.32. The molecule has 0 amide bonds. The van der Waals surface area contributed by atoms with Crippen LogP contribution in [0.5, 0.6) is 0 Å². The van der Waals surface area contributed by atoms with Crippen molar-refractivity contribution in [3.8, 4) is 0 Å². The van der Waals surface area contributed by atoms with Crippen LogP contribution in [0.3, 0.4) is 0 Å². The maximum absolute atomic E-state index is 10.8. The highest BCUT2D eigenvalue weighted by atomic mass is 16.3. The largest absolute Gasteiger partial charge is 0.393 e. The summed E-state index contributed by atoms with van der Waals surface area (Å²) in [7, 11) is 0. The van der Waals surface area contributed by atoms with Crippen molar-refractivity contribution in [2.75, 3.05) is 0 Å². The molecular formula is C40H56O3. The van der Waals surface area contributed by atoms with Crippen LogP contribution in [-0.4, -0.2) is 33.1 Å². The number of hydrogen-bond donors (Lipinski definition) is 3. The summed E-state index contributed by atoms with van der Waals surface area (Å²) in [6.45, 7) is 20.7. The van der Waals surface area contributed by atoms with E-state index in [-0.39, 0.29) is 16.9 Å². The molecule has 0 unspecified atom stereocenters. The van der Waals surface area contributed by atoms with Crippen LogP contribution in [0.1, 0.15) is 94.9 Å². The average Bonchev–Trinajstić information content (AvgIpc) is 2.83. The summed E-state index contributed by atoms with van der Waals surface area (Å²) in [4.78, 5) is 0. The maximum Gasteiger partial charge on any atom is 0.0931 e. The van der Waals surface area contributed by atoms with Crippen LogP contribution in [0.25, 0.3) is 0 Å². The zero-order valence-corrected chi connectivity index (χ0v) is 28.3. The minimum Gasteiger partial charge on any atom is -0.393 e. The molecule has 3 N–H and O–H groups in total. The summed E-state index contributed by atoms with van der Waals surface area (Å²) in [6.07, 6.45) is 28.8. The van der Waals surface area contributed by atoms with Gasteiger partial charge in [-0.3, -0.25) is 0 Å². The number of hydrogen-bond acceptors (Lipinski definition) is 3. The summed E-state index contributed by atoms with van der Waals surface area (Å²) in [6, 6.07) is 0. The van der Waals surface area contributed by atoms with Crippen LogP contribution in [0.15, 0.2) is 124 Å². The molecule has 2 aliphatic rings. The van der Waals surface area contributed by atoms with E-state index in [9.17, 15) is 15.3 Å². The topological polar surface area (TPSA) is 60.7 Å². The molecule has 2 rings (SSSR count). The van der Waals surface area contributed by atoms with E-state index in [1.54, 1.807) is 6.92 Å². The van der Waals surface area contributed by atoms with Gasteiger partial charge in [0, 0.05) is 12.0 Å². The average molecular weight is 585 g/mol. The fraction of sp³-hybridized carbons (Fsp3) is 0.475. The van der Waals surface area contributed by atoms with Gasteiger partial charge in [0.15, 0.2) is 0 Å². The van der Waals surface area contributed by atoms with Gasteiger partial charge in [-0.15, -0.1) is 5.73 Å². The third-order valence-corrected chi connectivity index (χ3v) is 8.29. The van der Waals surface area contributed by atoms with Gasteiger partial charge in [0.1, 0.15) is 0 Å². The van der Waals surface area contributed by atoms with Crippen molar-refractivity contribution >= 4 is 0 Å². The van der Waals surface area contributed by atoms with E-state index in [0.717, 1.165) is 29.6 Å². The first-order valence-corrected chi connectivity index (χ1v) is 15.6. The minimum absolute atomic E-state index is 0.00390. The van der Waals surface area contributed by atoms with Gasteiger partial charge in [-0.05, 0) is 88.9 Å². The SMILES string of the molecule is CC1=C(/C=C/C(C)=C/C=C/C(C)=C/C=C/C=C(C)/C=C/C=C(\C)C=C=C2C(C)(C)C[C@@H](O)C[C@]2(C)O)C(C)(C)C[C@@H](O)C1. The van der Waals surface area contributed by atoms with Crippen LogP contribution < -0.4 is 0 Å². The van der Waals surface area contributed by atoms with Crippen molar-refractivity contribution < 1.29 is 15.3 Å². The molecule has 43 heavy (non-hydrogen) atoms. The number of aliphatic hydroxyl groups is 3. The van der Waals surface area contributed by atoms with Gasteiger partial charge in [0.25, 0.3) is 0 Å².